The lowest BCUT2D eigenvalue weighted by atomic mass is 10.1. The van der Waals surface area contributed by atoms with Crippen molar-refractivity contribution in [3.05, 3.63) is 0 Å². The van der Waals surface area contributed by atoms with E-state index in [-0.39, 0.29) is 5.91 Å². The van der Waals surface area contributed by atoms with Crippen molar-refractivity contribution in [3.63, 3.8) is 0 Å². The van der Waals surface area contributed by atoms with Crippen molar-refractivity contribution < 1.29 is 9.90 Å². The first-order valence-electron chi connectivity index (χ1n) is 5.34. The van der Waals surface area contributed by atoms with E-state index in [1.807, 2.05) is 0 Å². The van der Waals surface area contributed by atoms with E-state index in [0.717, 1.165) is 18.8 Å². The van der Waals surface area contributed by atoms with Crippen molar-refractivity contribution in [2.45, 2.75) is 52.6 Å². The Labute approximate surface area is 86.9 Å². The third kappa shape index (κ3) is 6.89. The Morgan fingerprint density at radius 2 is 1.93 bits per heavy atom. The summed E-state index contributed by atoms with van der Waals surface area (Å²) < 4.78 is 0. The van der Waals surface area contributed by atoms with Gasteiger partial charge >= 0.3 is 0 Å². The monoisotopic (exact) mass is 201 g/mol. The molecule has 0 aliphatic heterocycles. The van der Waals surface area contributed by atoms with Gasteiger partial charge in [-0.2, -0.15) is 0 Å². The van der Waals surface area contributed by atoms with Crippen LogP contribution in [0.4, 0.5) is 0 Å². The summed E-state index contributed by atoms with van der Waals surface area (Å²) in [6, 6.07) is 0. The molecule has 0 rings (SSSR count). The molecule has 0 radical (unpaired) electrons. The van der Waals surface area contributed by atoms with Crippen LogP contribution in [0.1, 0.15) is 47.0 Å². The Kier molecular flexibility index (Phi) is 5.77. The Balaban J connectivity index is 3.42. The third-order valence-corrected chi connectivity index (χ3v) is 2.05. The quantitative estimate of drug-likeness (QED) is 0.643. The molecule has 0 bridgehead atoms. The fourth-order valence-electron chi connectivity index (χ4n) is 1.10. The first-order valence-corrected chi connectivity index (χ1v) is 5.34. The predicted octanol–water partition coefficient (Wildman–Crippen LogP) is 1.70. The van der Waals surface area contributed by atoms with E-state index in [9.17, 15) is 9.90 Å². The highest BCUT2D eigenvalue weighted by molar-refractivity contribution is 5.83. The van der Waals surface area contributed by atoms with E-state index >= 15 is 0 Å². The molecular weight excluding hydrogens is 178 g/mol. The topological polar surface area (TPSA) is 49.3 Å². The molecular formula is C11H23NO2. The second-order valence-corrected chi connectivity index (χ2v) is 4.70. The van der Waals surface area contributed by atoms with E-state index in [4.69, 9.17) is 0 Å². The SMILES string of the molecule is CC(C)CCCCNC(=O)C(C)(C)O. The average Bonchev–Trinajstić information content (AvgIpc) is 2.01. The van der Waals surface area contributed by atoms with Crippen molar-refractivity contribution in [3.8, 4) is 0 Å². The number of nitrogens with one attached hydrogen (secondary N) is 1. The summed E-state index contributed by atoms with van der Waals surface area (Å²) in [4.78, 5) is 11.2. The second-order valence-electron chi connectivity index (χ2n) is 4.70. The lowest BCUT2D eigenvalue weighted by Gasteiger charge is -2.16. The molecule has 0 spiro atoms. The number of amides is 1. The largest absolute Gasteiger partial charge is 0.381 e. The minimum atomic E-state index is -1.25. The van der Waals surface area contributed by atoms with Crippen LogP contribution < -0.4 is 5.32 Å². The Bertz CT molecular complexity index is 171. The average molecular weight is 201 g/mol. The molecule has 0 aromatic heterocycles. The summed E-state index contributed by atoms with van der Waals surface area (Å²) in [5.74, 6) is 0.432. The van der Waals surface area contributed by atoms with Crippen molar-refractivity contribution >= 4 is 5.91 Å². The second kappa shape index (κ2) is 6.02. The van der Waals surface area contributed by atoms with Gasteiger partial charge in [-0.1, -0.05) is 26.7 Å². The number of carbonyl (C=O) groups is 1. The van der Waals surface area contributed by atoms with Gasteiger partial charge in [0.2, 0.25) is 0 Å². The maximum atomic E-state index is 11.2. The number of hydrogen-bond acceptors (Lipinski definition) is 2. The molecule has 0 atom stereocenters. The van der Waals surface area contributed by atoms with Gasteiger partial charge in [-0.05, 0) is 26.2 Å². The van der Waals surface area contributed by atoms with Gasteiger partial charge in [0.05, 0.1) is 0 Å². The predicted molar refractivity (Wildman–Crippen MR) is 58.0 cm³/mol. The van der Waals surface area contributed by atoms with Crippen LogP contribution in [0.25, 0.3) is 0 Å². The molecule has 3 heteroatoms. The molecule has 0 aliphatic rings. The molecule has 0 heterocycles. The molecule has 0 aliphatic carbocycles. The first-order chi connectivity index (χ1) is 6.34. The summed E-state index contributed by atoms with van der Waals surface area (Å²) in [5, 5.41) is 12.0. The number of aliphatic hydroxyl groups is 1. The van der Waals surface area contributed by atoms with Gasteiger partial charge in [-0.25, -0.2) is 0 Å². The lowest BCUT2D eigenvalue weighted by molar-refractivity contribution is -0.136. The molecule has 0 unspecified atom stereocenters. The highest BCUT2D eigenvalue weighted by Crippen LogP contribution is 2.05. The van der Waals surface area contributed by atoms with Crippen molar-refractivity contribution in [2.24, 2.45) is 5.92 Å². The van der Waals surface area contributed by atoms with E-state index in [1.165, 1.54) is 20.3 Å². The van der Waals surface area contributed by atoms with Crippen LogP contribution in [-0.2, 0) is 4.79 Å². The first kappa shape index (κ1) is 13.4. The van der Waals surface area contributed by atoms with Gasteiger partial charge in [0.15, 0.2) is 0 Å². The molecule has 0 fully saturated rings. The zero-order valence-corrected chi connectivity index (χ0v) is 9.76. The Hall–Kier alpha value is -0.570. The zero-order chi connectivity index (χ0) is 11.2. The van der Waals surface area contributed by atoms with Crippen molar-refractivity contribution in [1.29, 1.82) is 0 Å². The van der Waals surface area contributed by atoms with Gasteiger partial charge in [-0.15, -0.1) is 0 Å². The lowest BCUT2D eigenvalue weighted by Crippen LogP contribution is -2.42. The van der Waals surface area contributed by atoms with E-state index < -0.39 is 5.60 Å². The van der Waals surface area contributed by atoms with E-state index in [0.29, 0.717) is 6.54 Å². The van der Waals surface area contributed by atoms with Crippen LogP contribution >= 0.6 is 0 Å². The molecule has 14 heavy (non-hydrogen) atoms. The fourth-order valence-corrected chi connectivity index (χ4v) is 1.10. The van der Waals surface area contributed by atoms with Crippen molar-refractivity contribution in [1.82, 2.24) is 5.32 Å². The maximum absolute atomic E-state index is 11.2. The number of hydrogen-bond donors (Lipinski definition) is 2. The zero-order valence-electron chi connectivity index (χ0n) is 9.76. The normalized spacial score (nSPS) is 11.9. The summed E-state index contributed by atoms with van der Waals surface area (Å²) in [6.45, 7) is 8.03. The van der Waals surface area contributed by atoms with Crippen LogP contribution in [0.3, 0.4) is 0 Å². The van der Waals surface area contributed by atoms with Crippen LogP contribution in [0, 0.1) is 5.92 Å². The van der Waals surface area contributed by atoms with Crippen LogP contribution in [0.15, 0.2) is 0 Å². The molecule has 0 saturated carbocycles. The highest BCUT2D eigenvalue weighted by atomic mass is 16.3. The Morgan fingerprint density at radius 1 is 1.36 bits per heavy atom. The molecule has 3 nitrogen and oxygen atoms in total. The number of carbonyl (C=O) groups excluding carboxylic acids is 1. The van der Waals surface area contributed by atoms with Gasteiger partial charge in [-0.3, -0.25) is 4.79 Å². The molecule has 1 amide bonds. The molecule has 2 N–H and O–H groups in total. The van der Waals surface area contributed by atoms with Crippen molar-refractivity contribution in [2.75, 3.05) is 6.54 Å². The third-order valence-electron chi connectivity index (χ3n) is 2.05. The summed E-state index contributed by atoms with van der Waals surface area (Å²) in [5.41, 5.74) is -1.25. The fraction of sp³-hybridized carbons (Fsp3) is 0.909. The molecule has 0 aromatic carbocycles. The van der Waals surface area contributed by atoms with Gasteiger partial charge in [0.25, 0.3) is 5.91 Å². The van der Waals surface area contributed by atoms with Crippen LogP contribution in [0.2, 0.25) is 0 Å². The minimum Gasteiger partial charge on any atom is -0.381 e. The molecule has 84 valence electrons. The number of unbranched alkanes of at least 4 members (excludes halogenated alkanes) is 1. The van der Waals surface area contributed by atoms with Gasteiger partial charge in [0.1, 0.15) is 5.60 Å². The van der Waals surface area contributed by atoms with Crippen LogP contribution in [-0.4, -0.2) is 23.2 Å². The summed E-state index contributed by atoms with van der Waals surface area (Å²) in [7, 11) is 0. The summed E-state index contributed by atoms with van der Waals surface area (Å²) >= 11 is 0. The van der Waals surface area contributed by atoms with E-state index in [1.54, 1.807) is 0 Å². The maximum Gasteiger partial charge on any atom is 0.251 e. The number of rotatable bonds is 6. The Morgan fingerprint density at radius 3 is 2.36 bits per heavy atom. The highest BCUT2D eigenvalue weighted by Gasteiger charge is 2.22. The van der Waals surface area contributed by atoms with Gasteiger partial charge in [0, 0.05) is 6.54 Å². The molecule has 0 aromatic rings. The van der Waals surface area contributed by atoms with Gasteiger partial charge < -0.3 is 10.4 Å². The van der Waals surface area contributed by atoms with E-state index in [2.05, 4.69) is 19.2 Å². The summed E-state index contributed by atoms with van der Waals surface area (Å²) in [6.07, 6.45) is 3.31. The standard InChI is InChI=1S/C11H23NO2/c1-9(2)7-5-6-8-12-10(13)11(3,4)14/h9,14H,5-8H2,1-4H3,(H,12,13). The van der Waals surface area contributed by atoms with Crippen LogP contribution in [0.5, 0.6) is 0 Å². The minimum absolute atomic E-state index is 0.290. The smallest absolute Gasteiger partial charge is 0.251 e. The molecule has 0 saturated heterocycles.